The van der Waals surface area contributed by atoms with Crippen molar-refractivity contribution < 1.29 is 32.3 Å². The van der Waals surface area contributed by atoms with Gasteiger partial charge >= 0.3 is 12.3 Å². The van der Waals surface area contributed by atoms with E-state index >= 15 is 0 Å². The third-order valence-electron chi connectivity index (χ3n) is 5.94. The zero-order valence-electron chi connectivity index (χ0n) is 20.3. The standard InChI is InChI=1S/C26H22F4N6O3/c27-21-11-17(14-33-23(21)31)2-1-16-5-6-32-22(12-16)34-24(37)18-3-4-19(20(13-18)26(28,29)30)15-35-7-9-36(10-8-35)25(38)39/h3-6,11-14H,7-10,15H2,(H2,31,33)(H,38,39)(H,32,34,37). The van der Waals surface area contributed by atoms with Crippen LogP contribution in [0.4, 0.5) is 34.0 Å². The number of nitrogens with two attached hydrogens (primary N) is 1. The van der Waals surface area contributed by atoms with Gasteiger partial charge in [0.1, 0.15) is 5.82 Å². The molecule has 4 N–H and O–H groups in total. The van der Waals surface area contributed by atoms with E-state index < -0.39 is 29.6 Å². The van der Waals surface area contributed by atoms with E-state index in [0.29, 0.717) is 18.7 Å². The first kappa shape index (κ1) is 27.3. The van der Waals surface area contributed by atoms with Gasteiger partial charge in [-0.3, -0.25) is 9.69 Å². The first-order chi connectivity index (χ1) is 18.5. The summed E-state index contributed by atoms with van der Waals surface area (Å²) in [6.45, 7) is 0.934. The van der Waals surface area contributed by atoms with Crippen molar-refractivity contribution in [3.63, 3.8) is 0 Å². The summed E-state index contributed by atoms with van der Waals surface area (Å²) in [6.07, 6.45) is -3.12. The Hall–Kier alpha value is -4.70. The number of halogens is 4. The Morgan fingerprint density at radius 2 is 1.74 bits per heavy atom. The summed E-state index contributed by atoms with van der Waals surface area (Å²) in [5.74, 6) is 3.76. The number of hydrogen-bond acceptors (Lipinski definition) is 6. The van der Waals surface area contributed by atoms with Crippen molar-refractivity contribution in [1.29, 1.82) is 0 Å². The molecule has 1 fully saturated rings. The Balaban J connectivity index is 1.48. The Morgan fingerprint density at radius 1 is 1.03 bits per heavy atom. The van der Waals surface area contributed by atoms with Crippen molar-refractivity contribution in [1.82, 2.24) is 19.8 Å². The molecule has 1 saturated heterocycles. The maximum Gasteiger partial charge on any atom is 0.416 e. The average molecular weight is 542 g/mol. The average Bonchev–Trinajstić information content (AvgIpc) is 2.89. The van der Waals surface area contributed by atoms with E-state index in [4.69, 9.17) is 10.8 Å². The zero-order valence-corrected chi connectivity index (χ0v) is 20.3. The van der Waals surface area contributed by atoms with Crippen molar-refractivity contribution in [2.75, 3.05) is 37.2 Å². The van der Waals surface area contributed by atoms with Gasteiger partial charge < -0.3 is 21.1 Å². The van der Waals surface area contributed by atoms with Gasteiger partial charge in [-0.05, 0) is 35.9 Å². The number of piperazine rings is 1. The maximum atomic E-state index is 13.9. The number of carbonyl (C=O) groups excluding carboxylic acids is 1. The molecule has 202 valence electrons. The van der Waals surface area contributed by atoms with Crippen molar-refractivity contribution in [3.05, 3.63) is 82.4 Å². The first-order valence-electron chi connectivity index (χ1n) is 11.6. The molecule has 39 heavy (non-hydrogen) atoms. The normalized spacial score (nSPS) is 13.9. The van der Waals surface area contributed by atoms with Gasteiger partial charge in [0.05, 0.1) is 5.56 Å². The number of carbonyl (C=O) groups is 2. The van der Waals surface area contributed by atoms with Gasteiger partial charge in [-0.15, -0.1) is 0 Å². The molecule has 3 heterocycles. The molecule has 1 aliphatic heterocycles. The minimum atomic E-state index is -4.71. The first-order valence-corrected chi connectivity index (χ1v) is 11.6. The van der Waals surface area contributed by atoms with Crippen LogP contribution in [0.1, 0.15) is 32.6 Å². The number of aromatic nitrogens is 2. The second kappa shape index (κ2) is 11.4. The van der Waals surface area contributed by atoms with Crippen LogP contribution < -0.4 is 11.1 Å². The molecular weight excluding hydrogens is 520 g/mol. The molecule has 13 heteroatoms. The van der Waals surface area contributed by atoms with Crippen LogP contribution in [0.25, 0.3) is 0 Å². The minimum absolute atomic E-state index is 0.0215. The van der Waals surface area contributed by atoms with Crippen LogP contribution in [0.15, 0.2) is 48.8 Å². The fraction of sp³-hybridized carbons (Fsp3) is 0.231. The van der Waals surface area contributed by atoms with Crippen LogP contribution in [0.2, 0.25) is 0 Å². The van der Waals surface area contributed by atoms with Gasteiger partial charge in [-0.2, -0.15) is 13.2 Å². The van der Waals surface area contributed by atoms with Crippen molar-refractivity contribution in [2.24, 2.45) is 0 Å². The highest BCUT2D eigenvalue weighted by molar-refractivity contribution is 6.04. The quantitative estimate of drug-likeness (QED) is 0.340. The zero-order chi connectivity index (χ0) is 28.2. The second-order valence-electron chi connectivity index (χ2n) is 8.64. The molecule has 0 unspecified atom stereocenters. The summed E-state index contributed by atoms with van der Waals surface area (Å²) in [4.78, 5) is 34.5. The number of rotatable bonds is 4. The molecule has 4 rings (SSSR count). The van der Waals surface area contributed by atoms with Gasteiger partial charge in [0, 0.05) is 61.8 Å². The monoisotopic (exact) mass is 542 g/mol. The molecule has 0 spiro atoms. The lowest BCUT2D eigenvalue weighted by Crippen LogP contribution is -2.47. The molecule has 0 saturated carbocycles. The van der Waals surface area contributed by atoms with Gasteiger partial charge in [-0.25, -0.2) is 19.2 Å². The lowest BCUT2D eigenvalue weighted by Gasteiger charge is -2.33. The van der Waals surface area contributed by atoms with Crippen LogP contribution >= 0.6 is 0 Å². The van der Waals surface area contributed by atoms with Crippen LogP contribution in [0.3, 0.4) is 0 Å². The number of nitrogens with one attached hydrogen (secondary N) is 1. The molecule has 0 bridgehead atoms. The summed E-state index contributed by atoms with van der Waals surface area (Å²) in [5.41, 5.74) is 4.83. The maximum absolute atomic E-state index is 13.9. The van der Waals surface area contributed by atoms with E-state index in [1.165, 1.54) is 41.6 Å². The lowest BCUT2D eigenvalue weighted by molar-refractivity contribution is -0.138. The van der Waals surface area contributed by atoms with Crippen molar-refractivity contribution in [3.8, 4) is 11.8 Å². The van der Waals surface area contributed by atoms with Crippen molar-refractivity contribution >= 4 is 23.6 Å². The molecule has 1 aliphatic rings. The van der Waals surface area contributed by atoms with Gasteiger partial charge in [0.2, 0.25) is 0 Å². The van der Waals surface area contributed by atoms with E-state index in [0.717, 1.165) is 12.1 Å². The predicted octanol–water partition coefficient (Wildman–Crippen LogP) is 3.66. The molecule has 1 aromatic carbocycles. The van der Waals surface area contributed by atoms with Crippen LogP contribution in [0, 0.1) is 17.7 Å². The topological polar surface area (TPSA) is 125 Å². The number of carboxylic acid groups (broad SMARTS) is 1. The van der Waals surface area contributed by atoms with Gasteiger partial charge in [0.25, 0.3) is 5.91 Å². The highest BCUT2D eigenvalue weighted by atomic mass is 19.4. The van der Waals surface area contributed by atoms with E-state index in [2.05, 4.69) is 27.1 Å². The Labute approximate surface area is 220 Å². The fourth-order valence-corrected chi connectivity index (χ4v) is 3.88. The number of anilines is 2. The molecule has 9 nitrogen and oxygen atoms in total. The summed E-state index contributed by atoms with van der Waals surface area (Å²) in [6, 6.07) is 7.40. The molecule has 2 aromatic heterocycles. The number of hydrogen-bond donors (Lipinski definition) is 3. The number of pyridine rings is 2. The highest BCUT2D eigenvalue weighted by Crippen LogP contribution is 2.33. The SMILES string of the molecule is Nc1ncc(C#Cc2ccnc(NC(=O)c3ccc(CN4CCN(C(=O)O)CC4)c(C(F)(F)F)c3)c2)cc1F. The predicted molar refractivity (Wildman–Crippen MR) is 133 cm³/mol. The van der Waals surface area contributed by atoms with E-state index in [-0.39, 0.29) is 48.0 Å². The Morgan fingerprint density at radius 3 is 2.41 bits per heavy atom. The molecule has 0 atom stereocenters. The minimum Gasteiger partial charge on any atom is -0.465 e. The largest absolute Gasteiger partial charge is 0.465 e. The van der Waals surface area contributed by atoms with Gasteiger partial charge in [-0.1, -0.05) is 17.9 Å². The third-order valence-corrected chi connectivity index (χ3v) is 5.94. The second-order valence-corrected chi connectivity index (χ2v) is 8.64. The number of nitrogen functional groups attached to an aromatic ring is 1. The number of benzene rings is 1. The lowest BCUT2D eigenvalue weighted by atomic mass is 10.0. The fourth-order valence-electron chi connectivity index (χ4n) is 3.88. The molecule has 0 radical (unpaired) electrons. The van der Waals surface area contributed by atoms with Crippen LogP contribution in [0.5, 0.6) is 0 Å². The Bertz CT molecular complexity index is 1460. The molecule has 0 aliphatic carbocycles. The van der Waals surface area contributed by atoms with Gasteiger partial charge in [0.15, 0.2) is 11.6 Å². The summed E-state index contributed by atoms with van der Waals surface area (Å²) in [7, 11) is 0. The summed E-state index contributed by atoms with van der Waals surface area (Å²) >= 11 is 0. The Kier molecular flexibility index (Phi) is 7.96. The van der Waals surface area contributed by atoms with Crippen molar-refractivity contribution in [2.45, 2.75) is 12.7 Å². The van der Waals surface area contributed by atoms with Crippen LogP contribution in [-0.2, 0) is 12.7 Å². The molecular formula is C26H22F4N6O3. The van der Waals surface area contributed by atoms with E-state index in [9.17, 15) is 27.2 Å². The van der Waals surface area contributed by atoms with Crippen LogP contribution in [-0.4, -0.2) is 63.1 Å². The highest BCUT2D eigenvalue weighted by Gasteiger charge is 2.35. The molecule has 2 amide bonds. The third kappa shape index (κ3) is 6.99. The number of amides is 2. The summed E-state index contributed by atoms with van der Waals surface area (Å²) < 4.78 is 55.2. The number of nitrogens with zero attached hydrogens (tertiary/aromatic N) is 4. The number of alkyl halides is 3. The smallest absolute Gasteiger partial charge is 0.416 e. The van der Waals surface area contributed by atoms with E-state index in [1.807, 2.05) is 0 Å². The van der Waals surface area contributed by atoms with E-state index in [1.54, 1.807) is 4.90 Å². The summed E-state index contributed by atoms with van der Waals surface area (Å²) in [5, 5.41) is 11.5. The molecule has 3 aromatic rings.